The van der Waals surface area contributed by atoms with Crippen molar-refractivity contribution in [2.24, 2.45) is 0 Å². The zero-order valence-corrected chi connectivity index (χ0v) is 11.1. The van der Waals surface area contributed by atoms with E-state index < -0.39 is 6.10 Å². The van der Waals surface area contributed by atoms with Crippen molar-refractivity contribution in [2.45, 2.75) is 39.2 Å². The van der Waals surface area contributed by atoms with Gasteiger partial charge < -0.3 is 9.47 Å². The molecule has 1 aliphatic heterocycles. The average Bonchev–Trinajstić information content (AvgIpc) is 2.86. The van der Waals surface area contributed by atoms with E-state index in [4.69, 9.17) is 9.47 Å². The van der Waals surface area contributed by atoms with Crippen LogP contribution in [0.15, 0.2) is 18.2 Å². The third-order valence-electron chi connectivity index (χ3n) is 3.15. The quantitative estimate of drug-likeness (QED) is 0.776. The molecule has 1 aromatic rings. The van der Waals surface area contributed by atoms with E-state index in [0.29, 0.717) is 13.0 Å². The summed E-state index contributed by atoms with van der Waals surface area (Å²) in [6, 6.07) is 5.94. The van der Waals surface area contributed by atoms with Gasteiger partial charge in [0.1, 0.15) is 11.9 Å². The largest absolute Gasteiger partial charge is 0.493 e. The Morgan fingerprint density at radius 3 is 3.00 bits per heavy atom. The zero-order chi connectivity index (χ0) is 13.0. The molecule has 18 heavy (non-hydrogen) atoms. The van der Waals surface area contributed by atoms with Crippen molar-refractivity contribution in [1.82, 2.24) is 0 Å². The third kappa shape index (κ3) is 2.72. The molecule has 0 spiro atoms. The number of carbonyl (C=O) groups excluding carboxylic acids is 1. The molecule has 3 heteroatoms. The van der Waals surface area contributed by atoms with Crippen molar-refractivity contribution in [3.8, 4) is 5.75 Å². The minimum absolute atomic E-state index is 0.141. The molecule has 0 aromatic heterocycles. The summed E-state index contributed by atoms with van der Waals surface area (Å²) in [6.45, 7) is 5.27. The Morgan fingerprint density at radius 1 is 1.44 bits per heavy atom. The topological polar surface area (TPSA) is 35.5 Å². The Kier molecular flexibility index (Phi) is 4.37. The molecular formula is C15H20O3. The van der Waals surface area contributed by atoms with Crippen LogP contribution in [0.5, 0.6) is 5.75 Å². The summed E-state index contributed by atoms with van der Waals surface area (Å²) in [7, 11) is 0. The van der Waals surface area contributed by atoms with Crippen molar-refractivity contribution in [1.29, 1.82) is 0 Å². The molecule has 1 aromatic carbocycles. The lowest BCUT2D eigenvalue weighted by Gasteiger charge is -2.17. The summed E-state index contributed by atoms with van der Waals surface area (Å²) in [4.78, 5) is 12.0. The Bertz CT molecular complexity index is 426. The van der Waals surface area contributed by atoms with E-state index in [9.17, 15) is 4.79 Å². The molecule has 1 unspecified atom stereocenters. The maximum atomic E-state index is 12.0. The first-order valence-corrected chi connectivity index (χ1v) is 6.66. The van der Waals surface area contributed by atoms with Gasteiger partial charge in [0.05, 0.1) is 6.61 Å². The van der Waals surface area contributed by atoms with E-state index in [0.717, 1.165) is 30.8 Å². The molecular weight excluding hydrogens is 228 g/mol. The number of rotatable bonds is 6. The summed E-state index contributed by atoms with van der Waals surface area (Å²) in [5, 5.41) is 0. The molecule has 2 rings (SSSR count). The number of ketones is 1. The lowest BCUT2D eigenvalue weighted by Crippen LogP contribution is -2.16. The van der Waals surface area contributed by atoms with Gasteiger partial charge in [0.15, 0.2) is 5.78 Å². The number of benzene rings is 1. The predicted molar refractivity (Wildman–Crippen MR) is 69.9 cm³/mol. The molecule has 0 radical (unpaired) electrons. The number of fused-ring (bicyclic) bond motifs is 1. The van der Waals surface area contributed by atoms with Crippen molar-refractivity contribution in [3.05, 3.63) is 29.3 Å². The van der Waals surface area contributed by atoms with E-state index >= 15 is 0 Å². The maximum Gasteiger partial charge on any atom is 0.165 e. The summed E-state index contributed by atoms with van der Waals surface area (Å²) in [6.07, 6.45) is 1.92. The second kappa shape index (κ2) is 6.01. The first-order valence-electron chi connectivity index (χ1n) is 6.66. The molecule has 0 fully saturated rings. The molecule has 0 amide bonds. The first kappa shape index (κ1) is 13.1. The van der Waals surface area contributed by atoms with Crippen LogP contribution in [-0.2, 0) is 16.0 Å². The van der Waals surface area contributed by atoms with E-state index in [1.54, 1.807) is 0 Å². The molecule has 0 N–H and O–H groups in total. The second-order valence-corrected chi connectivity index (χ2v) is 4.54. The van der Waals surface area contributed by atoms with Gasteiger partial charge in [-0.3, -0.25) is 4.79 Å². The van der Waals surface area contributed by atoms with Crippen molar-refractivity contribution < 1.29 is 14.3 Å². The molecule has 1 heterocycles. The van der Waals surface area contributed by atoms with Crippen molar-refractivity contribution in [2.75, 3.05) is 13.2 Å². The highest BCUT2D eigenvalue weighted by molar-refractivity contribution is 5.84. The van der Waals surface area contributed by atoms with E-state index in [2.05, 4.69) is 6.07 Å². The monoisotopic (exact) mass is 248 g/mol. The van der Waals surface area contributed by atoms with E-state index in [1.165, 1.54) is 5.56 Å². The van der Waals surface area contributed by atoms with Crippen LogP contribution < -0.4 is 4.74 Å². The van der Waals surface area contributed by atoms with Crippen LogP contribution in [0.4, 0.5) is 0 Å². The minimum Gasteiger partial charge on any atom is -0.493 e. The van der Waals surface area contributed by atoms with Crippen LogP contribution in [0.1, 0.15) is 43.9 Å². The molecule has 1 atom stereocenters. The molecule has 98 valence electrons. The van der Waals surface area contributed by atoms with Gasteiger partial charge in [-0.2, -0.15) is 0 Å². The summed E-state index contributed by atoms with van der Waals surface area (Å²) >= 11 is 0. The van der Waals surface area contributed by atoms with E-state index in [-0.39, 0.29) is 5.78 Å². The van der Waals surface area contributed by atoms with Gasteiger partial charge in [-0.05, 0) is 29.7 Å². The molecule has 0 aliphatic carbocycles. The van der Waals surface area contributed by atoms with Gasteiger partial charge in [0.25, 0.3) is 0 Å². The van der Waals surface area contributed by atoms with Gasteiger partial charge in [0, 0.05) is 19.4 Å². The SMILES string of the molecule is CCCOC(C(=O)CC)c1ccc2c(c1)CCO2. The van der Waals surface area contributed by atoms with Crippen LogP contribution in [0.25, 0.3) is 0 Å². The fourth-order valence-electron chi connectivity index (χ4n) is 2.17. The maximum absolute atomic E-state index is 12.0. The molecule has 0 bridgehead atoms. The highest BCUT2D eigenvalue weighted by Gasteiger charge is 2.22. The minimum atomic E-state index is -0.416. The van der Waals surface area contributed by atoms with Crippen LogP contribution in [0, 0.1) is 0 Å². The second-order valence-electron chi connectivity index (χ2n) is 4.54. The summed E-state index contributed by atoms with van der Waals surface area (Å²) in [5.74, 6) is 1.08. The van der Waals surface area contributed by atoms with Gasteiger partial charge in [-0.25, -0.2) is 0 Å². The fraction of sp³-hybridized carbons (Fsp3) is 0.533. The standard InChI is InChI=1S/C15H20O3/c1-3-8-18-15(13(16)4-2)12-5-6-14-11(10-12)7-9-17-14/h5-6,10,15H,3-4,7-9H2,1-2H3. The van der Waals surface area contributed by atoms with Gasteiger partial charge in [-0.15, -0.1) is 0 Å². The molecule has 3 nitrogen and oxygen atoms in total. The Hall–Kier alpha value is -1.35. The highest BCUT2D eigenvalue weighted by atomic mass is 16.5. The molecule has 0 saturated carbocycles. The van der Waals surface area contributed by atoms with Crippen LogP contribution in [0.3, 0.4) is 0 Å². The smallest absolute Gasteiger partial charge is 0.165 e. The number of hydrogen-bond donors (Lipinski definition) is 0. The Morgan fingerprint density at radius 2 is 2.28 bits per heavy atom. The first-order chi connectivity index (χ1) is 8.76. The number of hydrogen-bond acceptors (Lipinski definition) is 3. The molecule has 1 aliphatic rings. The van der Waals surface area contributed by atoms with E-state index in [1.807, 2.05) is 26.0 Å². The molecule has 0 saturated heterocycles. The normalized spacial score (nSPS) is 15.0. The lowest BCUT2D eigenvalue weighted by molar-refractivity contribution is -0.130. The van der Waals surface area contributed by atoms with Gasteiger partial charge >= 0.3 is 0 Å². The van der Waals surface area contributed by atoms with Gasteiger partial charge in [-0.1, -0.05) is 19.9 Å². The van der Waals surface area contributed by atoms with Crippen LogP contribution >= 0.6 is 0 Å². The van der Waals surface area contributed by atoms with Crippen molar-refractivity contribution in [3.63, 3.8) is 0 Å². The summed E-state index contributed by atoms with van der Waals surface area (Å²) in [5.41, 5.74) is 2.14. The van der Waals surface area contributed by atoms with Crippen LogP contribution in [-0.4, -0.2) is 19.0 Å². The van der Waals surface area contributed by atoms with Gasteiger partial charge in [0.2, 0.25) is 0 Å². The average molecular weight is 248 g/mol. The third-order valence-corrected chi connectivity index (χ3v) is 3.15. The number of carbonyl (C=O) groups is 1. The zero-order valence-electron chi connectivity index (χ0n) is 11.1. The fourth-order valence-corrected chi connectivity index (χ4v) is 2.17. The number of Topliss-reactive ketones (excluding diaryl/α,β-unsaturated/α-hetero) is 1. The van der Waals surface area contributed by atoms with Crippen LogP contribution in [0.2, 0.25) is 0 Å². The summed E-state index contributed by atoms with van der Waals surface area (Å²) < 4.78 is 11.2. The lowest BCUT2D eigenvalue weighted by atomic mass is 10.0. The number of ether oxygens (including phenoxy) is 2. The Labute approximate surface area is 108 Å². The van der Waals surface area contributed by atoms with Crippen molar-refractivity contribution >= 4 is 5.78 Å². The Balaban J connectivity index is 2.21. The highest BCUT2D eigenvalue weighted by Crippen LogP contribution is 2.30. The predicted octanol–water partition coefficient (Wildman–Crippen LogP) is 3.07.